The van der Waals surface area contributed by atoms with Crippen LogP contribution in [-0.2, 0) is 21.5 Å². The van der Waals surface area contributed by atoms with E-state index in [4.69, 9.17) is 14.5 Å². The summed E-state index contributed by atoms with van der Waals surface area (Å²) < 4.78 is 11.3. The summed E-state index contributed by atoms with van der Waals surface area (Å²) in [7, 11) is 0. The molecule has 0 radical (unpaired) electrons. The summed E-state index contributed by atoms with van der Waals surface area (Å²) in [4.78, 5) is 20.3. The Morgan fingerprint density at radius 1 is 0.939 bits per heavy atom. The monoisotopic (exact) mass is 444 g/mol. The van der Waals surface area contributed by atoms with Crippen molar-refractivity contribution >= 4 is 5.97 Å². The lowest BCUT2D eigenvalue weighted by Crippen LogP contribution is -2.48. The van der Waals surface area contributed by atoms with Gasteiger partial charge in [0, 0.05) is 18.3 Å². The molecule has 2 heterocycles. The summed E-state index contributed by atoms with van der Waals surface area (Å²) in [6, 6.07) is 22.4. The molecule has 0 unspecified atom stereocenters. The first kappa shape index (κ1) is 23.0. The average Bonchev–Trinajstić information content (AvgIpc) is 2.86. The van der Waals surface area contributed by atoms with Crippen molar-refractivity contribution in [2.75, 3.05) is 26.3 Å². The molecule has 1 aliphatic heterocycles. The molecule has 33 heavy (non-hydrogen) atoms. The summed E-state index contributed by atoms with van der Waals surface area (Å²) in [5.41, 5.74) is 3.35. The van der Waals surface area contributed by atoms with E-state index in [-0.39, 0.29) is 5.97 Å². The molecule has 0 N–H and O–H groups in total. The van der Waals surface area contributed by atoms with Crippen LogP contribution < -0.4 is 4.74 Å². The third-order valence-electron chi connectivity index (χ3n) is 6.40. The van der Waals surface area contributed by atoms with Crippen molar-refractivity contribution in [1.29, 1.82) is 0 Å². The van der Waals surface area contributed by atoms with Gasteiger partial charge in [0.15, 0.2) is 0 Å². The van der Waals surface area contributed by atoms with E-state index in [0.717, 1.165) is 55.0 Å². The topological polar surface area (TPSA) is 51.7 Å². The van der Waals surface area contributed by atoms with Crippen molar-refractivity contribution in [3.05, 3.63) is 84.1 Å². The SMILES string of the molecule is CCOC(=O)C1(c2ccc(-c3ccccc3OCC)nc2)CCN(Cc2ccccc2)CC1. The molecule has 1 fully saturated rings. The molecule has 0 bridgehead atoms. The van der Waals surface area contributed by atoms with E-state index in [2.05, 4.69) is 29.2 Å². The maximum Gasteiger partial charge on any atom is 0.316 e. The Bertz CT molecular complexity index is 1040. The number of para-hydroxylation sites is 1. The smallest absolute Gasteiger partial charge is 0.316 e. The molecular formula is C28H32N2O3. The molecule has 0 saturated carbocycles. The summed E-state index contributed by atoms with van der Waals surface area (Å²) in [5, 5.41) is 0. The fraction of sp³-hybridized carbons (Fsp3) is 0.357. The van der Waals surface area contributed by atoms with Gasteiger partial charge in [0.2, 0.25) is 0 Å². The molecule has 172 valence electrons. The molecule has 5 heteroatoms. The number of pyridine rings is 1. The molecular weight excluding hydrogens is 412 g/mol. The van der Waals surface area contributed by atoms with E-state index in [0.29, 0.717) is 13.2 Å². The molecule has 4 rings (SSSR count). The Kier molecular flexibility index (Phi) is 7.40. The number of nitrogens with zero attached hydrogens (tertiary/aromatic N) is 2. The van der Waals surface area contributed by atoms with Gasteiger partial charge in [-0.25, -0.2) is 0 Å². The highest BCUT2D eigenvalue weighted by Crippen LogP contribution is 2.38. The van der Waals surface area contributed by atoms with Gasteiger partial charge in [-0.05, 0) is 69.1 Å². The van der Waals surface area contributed by atoms with Gasteiger partial charge < -0.3 is 9.47 Å². The van der Waals surface area contributed by atoms with Gasteiger partial charge in [-0.1, -0.05) is 48.5 Å². The van der Waals surface area contributed by atoms with Gasteiger partial charge in [-0.3, -0.25) is 14.7 Å². The number of ether oxygens (including phenoxy) is 2. The van der Waals surface area contributed by atoms with Crippen molar-refractivity contribution in [2.45, 2.75) is 38.6 Å². The second kappa shape index (κ2) is 10.6. The molecule has 5 nitrogen and oxygen atoms in total. The van der Waals surface area contributed by atoms with E-state index in [1.165, 1.54) is 5.56 Å². The first-order valence-electron chi connectivity index (χ1n) is 11.8. The van der Waals surface area contributed by atoms with E-state index in [9.17, 15) is 4.79 Å². The first-order valence-corrected chi connectivity index (χ1v) is 11.8. The lowest BCUT2D eigenvalue weighted by atomic mass is 9.73. The summed E-state index contributed by atoms with van der Waals surface area (Å²) in [5.74, 6) is 0.670. The van der Waals surface area contributed by atoms with Crippen LogP contribution in [0.15, 0.2) is 72.9 Å². The number of carbonyl (C=O) groups is 1. The number of esters is 1. The quantitative estimate of drug-likeness (QED) is 0.445. The number of benzene rings is 2. The third-order valence-corrected chi connectivity index (χ3v) is 6.40. The minimum absolute atomic E-state index is 0.145. The van der Waals surface area contributed by atoms with Crippen molar-refractivity contribution in [1.82, 2.24) is 9.88 Å². The van der Waals surface area contributed by atoms with E-state index >= 15 is 0 Å². The number of piperidine rings is 1. The van der Waals surface area contributed by atoms with Crippen LogP contribution in [0.4, 0.5) is 0 Å². The Morgan fingerprint density at radius 3 is 2.33 bits per heavy atom. The van der Waals surface area contributed by atoms with Crippen LogP contribution in [-0.4, -0.2) is 42.2 Å². The van der Waals surface area contributed by atoms with Crippen LogP contribution in [0.1, 0.15) is 37.8 Å². The predicted octanol–water partition coefficient (Wildman–Crippen LogP) is 5.24. The normalized spacial score (nSPS) is 15.7. The van der Waals surface area contributed by atoms with Crippen LogP contribution in [0.25, 0.3) is 11.3 Å². The molecule has 0 aliphatic carbocycles. The number of likely N-dealkylation sites (tertiary alicyclic amines) is 1. The van der Waals surface area contributed by atoms with Crippen molar-refractivity contribution in [3.63, 3.8) is 0 Å². The zero-order chi connectivity index (χ0) is 23.1. The predicted molar refractivity (Wildman–Crippen MR) is 130 cm³/mol. The van der Waals surface area contributed by atoms with E-state index < -0.39 is 5.41 Å². The van der Waals surface area contributed by atoms with Crippen LogP contribution >= 0.6 is 0 Å². The minimum Gasteiger partial charge on any atom is -0.493 e. The Hall–Kier alpha value is -3.18. The molecule has 0 spiro atoms. The van der Waals surface area contributed by atoms with Crippen molar-refractivity contribution < 1.29 is 14.3 Å². The highest BCUT2D eigenvalue weighted by Gasteiger charge is 2.44. The second-order valence-corrected chi connectivity index (χ2v) is 8.43. The first-order chi connectivity index (χ1) is 16.2. The Morgan fingerprint density at radius 2 is 1.67 bits per heavy atom. The standard InChI is InChI=1S/C28H32N2O3/c1-3-32-26-13-9-8-12-24(26)25-15-14-23(20-29-25)28(27(31)33-4-2)16-18-30(19-17-28)21-22-10-6-5-7-11-22/h5-15,20H,3-4,16-19,21H2,1-2H3. The molecule has 2 aromatic carbocycles. The van der Waals surface area contributed by atoms with E-state index in [1.54, 1.807) is 0 Å². The Balaban J connectivity index is 1.56. The average molecular weight is 445 g/mol. The van der Waals surface area contributed by atoms with Crippen LogP contribution in [0.2, 0.25) is 0 Å². The van der Waals surface area contributed by atoms with Gasteiger partial charge in [0.05, 0.1) is 24.3 Å². The van der Waals surface area contributed by atoms with E-state index in [1.807, 2.05) is 62.5 Å². The molecule has 1 aliphatic rings. The highest BCUT2D eigenvalue weighted by atomic mass is 16.5. The van der Waals surface area contributed by atoms with Crippen molar-refractivity contribution in [3.8, 4) is 17.0 Å². The summed E-state index contributed by atoms with van der Waals surface area (Å²) in [6.07, 6.45) is 3.28. The lowest BCUT2D eigenvalue weighted by Gasteiger charge is -2.40. The lowest BCUT2D eigenvalue weighted by molar-refractivity contribution is -0.152. The number of hydrogen-bond acceptors (Lipinski definition) is 5. The number of carbonyl (C=O) groups excluding carboxylic acids is 1. The molecule has 1 saturated heterocycles. The Labute approximate surface area is 196 Å². The van der Waals surface area contributed by atoms with Gasteiger partial charge in [0.1, 0.15) is 5.75 Å². The fourth-order valence-corrected chi connectivity index (χ4v) is 4.61. The third kappa shape index (κ3) is 5.09. The van der Waals surface area contributed by atoms with Crippen molar-refractivity contribution in [2.24, 2.45) is 0 Å². The number of aromatic nitrogens is 1. The largest absolute Gasteiger partial charge is 0.493 e. The molecule has 0 atom stereocenters. The second-order valence-electron chi connectivity index (χ2n) is 8.43. The molecule has 0 amide bonds. The van der Waals surface area contributed by atoms with Gasteiger partial charge in [-0.2, -0.15) is 0 Å². The highest BCUT2D eigenvalue weighted by molar-refractivity contribution is 5.83. The van der Waals surface area contributed by atoms with Crippen LogP contribution in [0.3, 0.4) is 0 Å². The van der Waals surface area contributed by atoms with Gasteiger partial charge in [0.25, 0.3) is 0 Å². The maximum atomic E-state index is 13.2. The minimum atomic E-state index is -0.659. The zero-order valence-electron chi connectivity index (χ0n) is 19.5. The molecule has 1 aromatic heterocycles. The van der Waals surface area contributed by atoms with Gasteiger partial charge >= 0.3 is 5.97 Å². The molecule has 3 aromatic rings. The van der Waals surface area contributed by atoms with Gasteiger partial charge in [-0.15, -0.1) is 0 Å². The zero-order valence-corrected chi connectivity index (χ0v) is 19.5. The summed E-state index contributed by atoms with van der Waals surface area (Å²) in [6.45, 7) is 7.38. The summed E-state index contributed by atoms with van der Waals surface area (Å²) >= 11 is 0. The fourth-order valence-electron chi connectivity index (χ4n) is 4.61. The maximum absolute atomic E-state index is 13.2. The van der Waals surface area contributed by atoms with Crippen LogP contribution in [0.5, 0.6) is 5.75 Å². The van der Waals surface area contributed by atoms with Crippen LogP contribution in [0, 0.1) is 0 Å². The number of hydrogen-bond donors (Lipinski definition) is 0. The number of rotatable bonds is 8.